The Labute approximate surface area is 109 Å². The van der Waals surface area contributed by atoms with Crippen LogP contribution in [0, 0.1) is 0 Å². The largest absolute Gasteiger partial charge is 0.368 e. The van der Waals surface area contributed by atoms with Gasteiger partial charge < -0.3 is 15.0 Å². The summed E-state index contributed by atoms with van der Waals surface area (Å²) < 4.78 is 5.30. The molecule has 0 aromatic carbocycles. The van der Waals surface area contributed by atoms with Crippen molar-refractivity contribution >= 4 is 11.8 Å². The minimum atomic E-state index is -0.292. The van der Waals surface area contributed by atoms with Crippen LogP contribution in [-0.2, 0) is 14.3 Å². The topological polar surface area (TPSA) is 58.6 Å². The monoisotopic (exact) mass is 256 g/mol. The number of carbonyl (C=O) groups excluding carboxylic acids is 2. The van der Waals surface area contributed by atoms with Gasteiger partial charge in [-0.1, -0.05) is 6.92 Å². The lowest BCUT2D eigenvalue weighted by molar-refractivity contribution is -0.133. The molecule has 0 aromatic heterocycles. The van der Waals surface area contributed by atoms with Crippen molar-refractivity contribution in [3.63, 3.8) is 0 Å². The van der Waals surface area contributed by atoms with Gasteiger partial charge in [0.2, 0.25) is 11.8 Å². The molecule has 0 saturated carbocycles. The van der Waals surface area contributed by atoms with E-state index in [1.807, 2.05) is 13.8 Å². The Balaban J connectivity index is 2.29. The Hall–Kier alpha value is -1.10. The maximum absolute atomic E-state index is 11.7. The summed E-state index contributed by atoms with van der Waals surface area (Å²) in [5, 5.41) is 2.83. The summed E-state index contributed by atoms with van der Waals surface area (Å²) in [6.07, 6.45) is 2.37. The first-order valence-corrected chi connectivity index (χ1v) is 6.72. The molecular weight excluding hydrogens is 232 g/mol. The third-order valence-corrected chi connectivity index (χ3v) is 3.40. The summed E-state index contributed by atoms with van der Waals surface area (Å²) in [5.41, 5.74) is 0. The Morgan fingerprint density at radius 3 is 2.72 bits per heavy atom. The molecule has 5 heteroatoms. The van der Waals surface area contributed by atoms with Crippen LogP contribution in [0.5, 0.6) is 0 Å². The molecule has 1 aliphatic heterocycles. The van der Waals surface area contributed by atoms with Gasteiger partial charge in [-0.05, 0) is 26.2 Å². The molecule has 1 aliphatic rings. The van der Waals surface area contributed by atoms with Crippen molar-refractivity contribution in [2.24, 2.45) is 0 Å². The zero-order valence-corrected chi connectivity index (χ0v) is 11.6. The molecule has 0 radical (unpaired) electrons. The Morgan fingerprint density at radius 2 is 2.22 bits per heavy atom. The van der Waals surface area contributed by atoms with Crippen LogP contribution in [-0.4, -0.2) is 48.6 Å². The molecule has 1 N–H and O–H groups in total. The quantitative estimate of drug-likeness (QED) is 0.769. The van der Waals surface area contributed by atoms with Crippen LogP contribution in [0.2, 0.25) is 0 Å². The lowest BCUT2D eigenvalue weighted by Gasteiger charge is -2.27. The average Bonchev–Trinajstić information content (AvgIpc) is 2.86. The van der Waals surface area contributed by atoms with Crippen LogP contribution in [0.1, 0.15) is 40.0 Å². The van der Waals surface area contributed by atoms with Crippen LogP contribution < -0.4 is 5.32 Å². The van der Waals surface area contributed by atoms with E-state index in [4.69, 9.17) is 4.74 Å². The number of nitrogens with zero attached hydrogens (tertiary/aromatic N) is 1. The summed E-state index contributed by atoms with van der Waals surface area (Å²) in [6, 6.07) is 0.210. The van der Waals surface area contributed by atoms with Gasteiger partial charge >= 0.3 is 0 Å². The normalized spacial score (nSPS) is 20.5. The molecule has 1 fully saturated rings. The highest BCUT2D eigenvalue weighted by Crippen LogP contribution is 2.11. The molecule has 2 amide bonds. The van der Waals surface area contributed by atoms with Crippen molar-refractivity contribution in [3.8, 4) is 0 Å². The van der Waals surface area contributed by atoms with Crippen LogP contribution in [0.15, 0.2) is 0 Å². The highest BCUT2D eigenvalue weighted by Gasteiger charge is 2.23. The van der Waals surface area contributed by atoms with E-state index in [-0.39, 0.29) is 24.0 Å². The van der Waals surface area contributed by atoms with E-state index in [0.29, 0.717) is 19.7 Å². The first kappa shape index (κ1) is 15.0. The lowest BCUT2D eigenvalue weighted by Crippen LogP contribution is -2.44. The predicted molar refractivity (Wildman–Crippen MR) is 69.1 cm³/mol. The van der Waals surface area contributed by atoms with E-state index >= 15 is 0 Å². The van der Waals surface area contributed by atoms with Crippen LogP contribution in [0.25, 0.3) is 0 Å². The molecule has 0 aliphatic carbocycles. The van der Waals surface area contributed by atoms with E-state index in [0.717, 1.165) is 19.3 Å². The molecule has 0 aromatic rings. The van der Waals surface area contributed by atoms with E-state index in [9.17, 15) is 9.59 Å². The lowest BCUT2D eigenvalue weighted by atomic mass is 10.2. The van der Waals surface area contributed by atoms with Gasteiger partial charge in [-0.3, -0.25) is 9.59 Å². The van der Waals surface area contributed by atoms with Crippen LogP contribution in [0.4, 0.5) is 0 Å². The molecule has 1 heterocycles. The number of rotatable bonds is 6. The van der Waals surface area contributed by atoms with Crippen LogP contribution in [0.3, 0.4) is 0 Å². The zero-order valence-electron chi connectivity index (χ0n) is 11.6. The van der Waals surface area contributed by atoms with Gasteiger partial charge in [0.1, 0.15) is 6.10 Å². The SMILES string of the molecule is CCC(C)N(CCNC(=O)C1CCCO1)C(C)=O. The smallest absolute Gasteiger partial charge is 0.249 e. The molecule has 5 nitrogen and oxygen atoms in total. The summed E-state index contributed by atoms with van der Waals surface area (Å²) in [4.78, 5) is 24.9. The fourth-order valence-corrected chi connectivity index (χ4v) is 2.11. The molecule has 0 bridgehead atoms. The molecule has 1 saturated heterocycles. The van der Waals surface area contributed by atoms with Crippen molar-refractivity contribution in [3.05, 3.63) is 0 Å². The van der Waals surface area contributed by atoms with Gasteiger partial charge in [-0.15, -0.1) is 0 Å². The maximum Gasteiger partial charge on any atom is 0.249 e. The van der Waals surface area contributed by atoms with E-state index in [1.54, 1.807) is 11.8 Å². The summed E-state index contributed by atoms with van der Waals surface area (Å²) in [5.74, 6) is -0.00383. The molecule has 0 spiro atoms. The zero-order chi connectivity index (χ0) is 13.5. The molecular formula is C13H24N2O3. The third kappa shape index (κ3) is 4.29. The number of nitrogens with one attached hydrogen (secondary N) is 1. The van der Waals surface area contributed by atoms with Gasteiger partial charge in [-0.25, -0.2) is 0 Å². The van der Waals surface area contributed by atoms with E-state index < -0.39 is 0 Å². The van der Waals surface area contributed by atoms with Crippen molar-refractivity contribution in [1.82, 2.24) is 10.2 Å². The second-order valence-corrected chi connectivity index (χ2v) is 4.76. The molecule has 104 valence electrons. The number of hydrogen-bond donors (Lipinski definition) is 1. The second kappa shape index (κ2) is 7.36. The Morgan fingerprint density at radius 1 is 1.50 bits per heavy atom. The fourth-order valence-electron chi connectivity index (χ4n) is 2.11. The van der Waals surface area contributed by atoms with E-state index in [1.165, 1.54) is 0 Å². The van der Waals surface area contributed by atoms with E-state index in [2.05, 4.69) is 5.32 Å². The third-order valence-electron chi connectivity index (χ3n) is 3.40. The standard InChI is InChI=1S/C13H24N2O3/c1-4-10(2)15(11(3)16)8-7-14-13(17)12-6-5-9-18-12/h10,12H,4-9H2,1-3H3,(H,14,17). The minimum absolute atomic E-state index is 0.0516. The van der Waals surface area contributed by atoms with Gasteiger partial charge in [0.05, 0.1) is 0 Å². The molecule has 1 rings (SSSR count). The molecule has 18 heavy (non-hydrogen) atoms. The fraction of sp³-hybridized carbons (Fsp3) is 0.846. The number of ether oxygens (including phenoxy) is 1. The van der Waals surface area contributed by atoms with Gasteiger partial charge in [0.15, 0.2) is 0 Å². The molecule has 2 atom stereocenters. The number of hydrogen-bond acceptors (Lipinski definition) is 3. The predicted octanol–water partition coefficient (Wildman–Crippen LogP) is 0.929. The van der Waals surface area contributed by atoms with Crippen LogP contribution >= 0.6 is 0 Å². The van der Waals surface area contributed by atoms with Gasteiger partial charge in [0.25, 0.3) is 0 Å². The second-order valence-electron chi connectivity index (χ2n) is 4.76. The van der Waals surface area contributed by atoms with Crippen molar-refractivity contribution in [1.29, 1.82) is 0 Å². The van der Waals surface area contributed by atoms with Crippen molar-refractivity contribution in [2.75, 3.05) is 19.7 Å². The highest BCUT2D eigenvalue weighted by molar-refractivity contribution is 5.81. The summed E-state index contributed by atoms with van der Waals surface area (Å²) >= 11 is 0. The van der Waals surface area contributed by atoms with Gasteiger partial charge in [-0.2, -0.15) is 0 Å². The van der Waals surface area contributed by atoms with Gasteiger partial charge in [0, 0.05) is 32.7 Å². The van der Waals surface area contributed by atoms with Crippen molar-refractivity contribution in [2.45, 2.75) is 52.2 Å². The Bertz CT molecular complexity index is 288. The number of amides is 2. The maximum atomic E-state index is 11.7. The first-order chi connectivity index (χ1) is 8.56. The summed E-state index contributed by atoms with van der Waals surface area (Å²) in [7, 11) is 0. The highest BCUT2D eigenvalue weighted by atomic mass is 16.5. The number of carbonyl (C=O) groups is 2. The summed E-state index contributed by atoms with van der Waals surface area (Å²) in [6.45, 7) is 7.35. The first-order valence-electron chi connectivity index (χ1n) is 6.72. The van der Waals surface area contributed by atoms with Crippen molar-refractivity contribution < 1.29 is 14.3 Å². The minimum Gasteiger partial charge on any atom is -0.368 e. The molecule has 2 unspecified atom stereocenters. The average molecular weight is 256 g/mol. The Kier molecular flexibility index (Phi) is 6.12.